The van der Waals surface area contributed by atoms with E-state index in [1.165, 1.54) is 12.1 Å². The average molecular weight is 252 g/mol. The second-order valence-corrected chi connectivity index (χ2v) is 4.85. The van der Waals surface area contributed by atoms with Crippen LogP contribution in [0.4, 0.5) is 12.7 Å². The lowest BCUT2D eigenvalue weighted by Crippen LogP contribution is -2.14. The van der Waals surface area contributed by atoms with Gasteiger partial charge in [0.15, 0.2) is 0 Å². The van der Waals surface area contributed by atoms with E-state index in [-0.39, 0.29) is 0 Å². The minimum Gasteiger partial charge on any atom is -0.211 e. The summed E-state index contributed by atoms with van der Waals surface area (Å²) < 4.78 is 57.9. The molecule has 0 amide bonds. The van der Waals surface area contributed by atoms with Crippen LogP contribution < -0.4 is 0 Å². The number of halogens is 3. The quantitative estimate of drug-likeness (QED) is 0.755. The van der Waals surface area contributed by atoms with Crippen LogP contribution in [0.3, 0.4) is 0 Å². The first-order valence-electron chi connectivity index (χ1n) is 4.64. The van der Waals surface area contributed by atoms with Gasteiger partial charge in [0.2, 0.25) is 6.43 Å². The molecule has 0 fully saturated rings. The van der Waals surface area contributed by atoms with Crippen LogP contribution in [0.25, 0.3) is 0 Å². The topological polar surface area (TPSA) is 34.1 Å². The Balaban J connectivity index is 2.88. The largest absolute Gasteiger partial charge is 0.303 e. The molecule has 0 aliphatic carbocycles. The third kappa shape index (κ3) is 4.65. The lowest BCUT2D eigenvalue weighted by Gasteiger charge is -2.14. The third-order valence-electron chi connectivity index (χ3n) is 2.13. The Hall–Kier alpha value is -1.04. The Bertz CT molecular complexity index is 417. The van der Waals surface area contributed by atoms with Crippen molar-refractivity contribution in [1.29, 1.82) is 0 Å². The third-order valence-corrected chi connectivity index (χ3v) is 2.93. The molecule has 90 valence electrons. The van der Waals surface area contributed by atoms with Crippen LogP contribution in [0.15, 0.2) is 30.3 Å². The van der Waals surface area contributed by atoms with E-state index in [4.69, 9.17) is 0 Å². The predicted molar refractivity (Wildman–Crippen MR) is 54.7 cm³/mol. The van der Waals surface area contributed by atoms with Crippen molar-refractivity contribution < 1.29 is 21.1 Å². The highest BCUT2D eigenvalue weighted by molar-refractivity contribution is 7.86. The molecule has 0 aromatic heterocycles. The molecule has 0 bridgehead atoms. The number of hydrogen-bond donors (Lipinski definition) is 0. The Labute approximate surface area is 92.3 Å². The molecular weight excluding hydrogens is 241 g/mol. The first-order chi connectivity index (χ1) is 7.38. The summed E-state index contributed by atoms with van der Waals surface area (Å²) in [7, 11) is -4.75. The van der Waals surface area contributed by atoms with E-state index < -0.39 is 34.7 Å². The number of rotatable bonds is 5. The standard InChI is InChI=1S/C10H11F3O2S/c11-10(12)6-9(7-16(13,14)15)8-4-2-1-3-5-8/h1-5,9-10H,6-7H2. The second-order valence-electron chi connectivity index (χ2n) is 3.44. The molecule has 0 saturated carbocycles. The van der Waals surface area contributed by atoms with E-state index >= 15 is 0 Å². The molecule has 16 heavy (non-hydrogen) atoms. The summed E-state index contributed by atoms with van der Waals surface area (Å²) in [6.45, 7) is 0. The van der Waals surface area contributed by atoms with Gasteiger partial charge < -0.3 is 0 Å². The molecule has 0 heterocycles. The summed E-state index contributed by atoms with van der Waals surface area (Å²) in [6, 6.07) is 7.89. The fourth-order valence-corrected chi connectivity index (χ4v) is 2.29. The van der Waals surface area contributed by atoms with Gasteiger partial charge in [-0.2, -0.15) is 8.42 Å². The lowest BCUT2D eigenvalue weighted by atomic mass is 9.98. The fraction of sp³-hybridized carbons (Fsp3) is 0.400. The van der Waals surface area contributed by atoms with Crippen LogP contribution in [0.2, 0.25) is 0 Å². The molecule has 2 nitrogen and oxygen atoms in total. The predicted octanol–water partition coefficient (Wildman–Crippen LogP) is 2.72. The normalized spacial score (nSPS) is 14.0. The highest BCUT2D eigenvalue weighted by atomic mass is 32.3. The van der Waals surface area contributed by atoms with Crippen LogP contribution in [-0.4, -0.2) is 20.6 Å². The molecule has 1 atom stereocenters. The van der Waals surface area contributed by atoms with E-state index in [2.05, 4.69) is 0 Å². The average Bonchev–Trinajstić information content (AvgIpc) is 2.15. The molecule has 0 radical (unpaired) electrons. The molecule has 0 aliphatic heterocycles. The molecule has 0 spiro atoms. The monoisotopic (exact) mass is 252 g/mol. The molecule has 1 aromatic carbocycles. The molecule has 1 unspecified atom stereocenters. The van der Waals surface area contributed by atoms with Gasteiger partial charge in [-0.15, -0.1) is 3.89 Å². The van der Waals surface area contributed by atoms with E-state index in [1.54, 1.807) is 18.2 Å². The van der Waals surface area contributed by atoms with Gasteiger partial charge in [-0.1, -0.05) is 30.3 Å². The van der Waals surface area contributed by atoms with Gasteiger partial charge in [0.05, 0.1) is 5.75 Å². The maximum absolute atomic E-state index is 12.5. The summed E-state index contributed by atoms with van der Waals surface area (Å²) in [5.41, 5.74) is 0.407. The van der Waals surface area contributed by atoms with Crippen LogP contribution in [0, 0.1) is 0 Å². The summed E-state index contributed by atoms with van der Waals surface area (Å²) in [5.74, 6) is -1.90. The Kier molecular flexibility index (Phi) is 4.35. The lowest BCUT2D eigenvalue weighted by molar-refractivity contribution is 0.130. The minimum absolute atomic E-state index is 0.407. The van der Waals surface area contributed by atoms with Crippen molar-refractivity contribution >= 4 is 10.2 Å². The molecule has 1 aromatic rings. The summed E-state index contributed by atoms with van der Waals surface area (Å²) in [6.07, 6.45) is -3.32. The Morgan fingerprint density at radius 1 is 1.12 bits per heavy atom. The summed E-state index contributed by atoms with van der Waals surface area (Å²) >= 11 is 0. The SMILES string of the molecule is O=S(=O)(F)CC(CC(F)F)c1ccccc1. The Morgan fingerprint density at radius 3 is 2.12 bits per heavy atom. The van der Waals surface area contributed by atoms with Crippen molar-refractivity contribution in [2.24, 2.45) is 0 Å². The number of benzene rings is 1. The van der Waals surface area contributed by atoms with Crippen molar-refractivity contribution in [1.82, 2.24) is 0 Å². The first-order valence-corrected chi connectivity index (χ1v) is 6.19. The highest BCUT2D eigenvalue weighted by Gasteiger charge is 2.23. The molecular formula is C10H11F3O2S. The van der Waals surface area contributed by atoms with Crippen molar-refractivity contribution in [3.63, 3.8) is 0 Å². The zero-order valence-electron chi connectivity index (χ0n) is 8.31. The number of hydrogen-bond acceptors (Lipinski definition) is 2. The van der Waals surface area contributed by atoms with Crippen molar-refractivity contribution in [2.45, 2.75) is 18.8 Å². The zero-order valence-corrected chi connectivity index (χ0v) is 9.13. The van der Waals surface area contributed by atoms with Gasteiger partial charge in [-0.05, 0) is 5.56 Å². The van der Waals surface area contributed by atoms with Crippen LogP contribution >= 0.6 is 0 Å². The molecule has 0 N–H and O–H groups in total. The Morgan fingerprint density at radius 2 is 1.69 bits per heavy atom. The highest BCUT2D eigenvalue weighted by Crippen LogP contribution is 2.25. The van der Waals surface area contributed by atoms with Gasteiger partial charge in [-0.25, -0.2) is 8.78 Å². The van der Waals surface area contributed by atoms with E-state index in [1.807, 2.05) is 0 Å². The van der Waals surface area contributed by atoms with E-state index in [0.29, 0.717) is 5.56 Å². The van der Waals surface area contributed by atoms with Gasteiger partial charge in [0, 0.05) is 12.3 Å². The molecule has 6 heteroatoms. The molecule has 0 saturated heterocycles. The fourth-order valence-electron chi connectivity index (χ4n) is 1.48. The van der Waals surface area contributed by atoms with Gasteiger partial charge in [-0.3, -0.25) is 0 Å². The van der Waals surface area contributed by atoms with Crippen molar-refractivity contribution in [3.05, 3.63) is 35.9 Å². The second kappa shape index (κ2) is 5.34. The first kappa shape index (κ1) is 13.0. The number of alkyl halides is 2. The van der Waals surface area contributed by atoms with Crippen LogP contribution in [-0.2, 0) is 10.2 Å². The maximum atomic E-state index is 12.5. The summed E-state index contributed by atoms with van der Waals surface area (Å²) in [5, 5.41) is 0. The van der Waals surface area contributed by atoms with Gasteiger partial charge in [0.25, 0.3) is 0 Å². The van der Waals surface area contributed by atoms with E-state index in [0.717, 1.165) is 0 Å². The van der Waals surface area contributed by atoms with Gasteiger partial charge in [0.1, 0.15) is 0 Å². The van der Waals surface area contributed by atoms with Crippen molar-refractivity contribution in [3.8, 4) is 0 Å². The van der Waals surface area contributed by atoms with Crippen LogP contribution in [0.1, 0.15) is 17.9 Å². The molecule has 1 rings (SSSR count). The smallest absolute Gasteiger partial charge is 0.211 e. The maximum Gasteiger partial charge on any atom is 0.303 e. The van der Waals surface area contributed by atoms with Gasteiger partial charge >= 0.3 is 10.2 Å². The minimum atomic E-state index is -4.75. The van der Waals surface area contributed by atoms with E-state index in [9.17, 15) is 21.1 Å². The van der Waals surface area contributed by atoms with Crippen LogP contribution in [0.5, 0.6) is 0 Å². The van der Waals surface area contributed by atoms with Crippen molar-refractivity contribution in [2.75, 3.05) is 5.75 Å². The zero-order chi connectivity index (χ0) is 12.2. The molecule has 0 aliphatic rings. The summed E-state index contributed by atoms with van der Waals surface area (Å²) in [4.78, 5) is 0.